The number of aromatic nitrogens is 2. The molecule has 2 N–H and O–H groups in total. The Labute approximate surface area is 175 Å². The maximum absolute atomic E-state index is 13.2. The van der Waals surface area contributed by atoms with Crippen LogP contribution in [-0.2, 0) is 24.2 Å². The van der Waals surface area contributed by atoms with Crippen molar-refractivity contribution < 1.29 is 9.59 Å². The van der Waals surface area contributed by atoms with Crippen LogP contribution in [0.3, 0.4) is 0 Å². The smallest absolute Gasteiger partial charge is 0.276 e. The number of nitrogens with one attached hydrogen (secondary N) is 2. The normalized spacial score (nSPS) is 15.5. The van der Waals surface area contributed by atoms with Crippen molar-refractivity contribution in [3.8, 4) is 11.4 Å². The molecule has 0 bridgehead atoms. The van der Waals surface area contributed by atoms with Crippen LogP contribution in [0.2, 0.25) is 0 Å². The van der Waals surface area contributed by atoms with Gasteiger partial charge in [0.15, 0.2) is 0 Å². The molecule has 30 heavy (non-hydrogen) atoms. The van der Waals surface area contributed by atoms with Crippen LogP contribution in [0.4, 0.5) is 11.4 Å². The van der Waals surface area contributed by atoms with Gasteiger partial charge >= 0.3 is 0 Å². The number of hydrogen-bond acceptors (Lipinski definition) is 3. The SMILES string of the molecule is O=C1CCc2cc(NC(=O)c3nc(-c4ccccc4)n4c3CCCCC4)ccc2N1. The zero-order valence-corrected chi connectivity index (χ0v) is 16.8. The van der Waals surface area contributed by atoms with Crippen molar-refractivity contribution in [3.63, 3.8) is 0 Å². The van der Waals surface area contributed by atoms with Crippen molar-refractivity contribution in [3.05, 3.63) is 65.5 Å². The highest BCUT2D eigenvalue weighted by atomic mass is 16.2. The predicted molar refractivity (Wildman–Crippen MR) is 117 cm³/mol. The van der Waals surface area contributed by atoms with Gasteiger partial charge in [-0.15, -0.1) is 0 Å². The maximum Gasteiger partial charge on any atom is 0.276 e. The van der Waals surface area contributed by atoms with Crippen LogP contribution >= 0.6 is 0 Å². The number of hydrogen-bond donors (Lipinski definition) is 2. The van der Waals surface area contributed by atoms with Crippen molar-refractivity contribution in [2.75, 3.05) is 10.6 Å². The molecule has 6 nitrogen and oxygen atoms in total. The van der Waals surface area contributed by atoms with Crippen LogP contribution in [0.1, 0.15) is 47.4 Å². The van der Waals surface area contributed by atoms with Gasteiger partial charge in [0.2, 0.25) is 5.91 Å². The third-order valence-corrected chi connectivity index (χ3v) is 5.87. The summed E-state index contributed by atoms with van der Waals surface area (Å²) >= 11 is 0. The van der Waals surface area contributed by atoms with E-state index in [0.29, 0.717) is 18.5 Å². The summed E-state index contributed by atoms with van der Waals surface area (Å²) in [7, 11) is 0. The molecule has 0 atom stereocenters. The first kappa shape index (κ1) is 18.6. The first-order chi connectivity index (χ1) is 14.7. The van der Waals surface area contributed by atoms with Crippen molar-refractivity contribution in [1.29, 1.82) is 0 Å². The molecule has 152 valence electrons. The molecule has 0 aliphatic carbocycles. The molecule has 2 aromatic carbocycles. The average Bonchev–Trinajstić information content (AvgIpc) is 2.95. The lowest BCUT2D eigenvalue weighted by molar-refractivity contribution is -0.116. The minimum atomic E-state index is -0.178. The number of carbonyl (C=O) groups excluding carboxylic acids is 2. The van der Waals surface area contributed by atoms with E-state index in [1.807, 2.05) is 48.5 Å². The zero-order chi connectivity index (χ0) is 20.5. The summed E-state index contributed by atoms with van der Waals surface area (Å²) in [5.41, 5.74) is 5.17. The molecule has 0 saturated heterocycles. The van der Waals surface area contributed by atoms with Gasteiger partial charge in [-0.2, -0.15) is 0 Å². The van der Waals surface area contributed by atoms with Crippen molar-refractivity contribution >= 4 is 23.2 Å². The molecule has 2 aliphatic rings. The molecule has 3 aromatic rings. The Hall–Kier alpha value is -3.41. The zero-order valence-electron chi connectivity index (χ0n) is 16.8. The Morgan fingerprint density at radius 3 is 2.73 bits per heavy atom. The Balaban J connectivity index is 1.47. The lowest BCUT2D eigenvalue weighted by Crippen LogP contribution is -2.20. The number of fused-ring (bicyclic) bond motifs is 2. The molecule has 2 aliphatic heterocycles. The van der Waals surface area contributed by atoms with Gasteiger partial charge in [-0.3, -0.25) is 9.59 Å². The molecular formula is C24H24N4O2. The van der Waals surface area contributed by atoms with E-state index < -0.39 is 0 Å². The van der Waals surface area contributed by atoms with Crippen LogP contribution in [0.25, 0.3) is 11.4 Å². The van der Waals surface area contributed by atoms with Gasteiger partial charge in [-0.25, -0.2) is 4.98 Å². The molecule has 0 unspecified atom stereocenters. The molecule has 2 amide bonds. The van der Waals surface area contributed by atoms with Crippen LogP contribution in [0.15, 0.2) is 48.5 Å². The Morgan fingerprint density at radius 1 is 1.00 bits per heavy atom. The highest BCUT2D eigenvalue weighted by Crippen LogP contribution is 2.29. The van der Waals surface area contributed by atoms with E-state index in [2.05, 4.69) is 15.2 Å². The van der Waals surface area contributed by atoms with Crippen LogP contribution < -0.4 is 10.6 Å². The fraction of sp³-hybridized carbons (Fsp3) is 0.292. The summed E-state index contributed by atoms with van der Waals surface area (Å²) in [6.45, 7) is 0.887. The summed E-state index contributed by atoms with van der Waals surface area (Å²) in [5.74, 6) is 0.724. The molecule has 0 radical (unpaired) electrons. The molecule has 0 fully saturated rings. The highest BCUT2D eigenvalue weighted by molar-refractivity contribution is 6.04. The number of imidazole rings is 1. The second kappa shape index (κ2) is 7.78. The summed E-state index contributed by atoms with van der Waals surface area (Å²) in [4.78, 5) is 29.6. The molecule has 6 heteroatoms. The molecule has 0 saturated carbocycles. The van der Waals surface area contributed by atoms with Crippen LogP contribution in [0.5, 0.6) is 0 Å². The van der Waals surface area contributed by atoms with E-state index in [-0.39, 0.29) is 11.8 Å². The fourth-order valence-electron chi connectivity index (χ4n) is 4.36. The lowest BCUT2D eigenvalue weighted by Gasteiger charge is -2.17. The lowest BCUT2D eigenvalue weighted by atomic mass is 10.0. The van der Waals surface area contributed by atoms with Gasteiger partial charge in [0.25, 0.3) is 5.91 Å². The third-order valence-electron chi connectivity index (χ3n) is 5.87. The van der Waals surface area contributed by atoms with Gasteiger partial charge in [0.05, 0.1) is 5.69 Å². The number of amides is 2. The Bertz CT molecular complexity index is 1120. The summed E-state index contributed by atoms with van der Waals surface area (Å²) in [6.07, 6.45) is 5.34. The standard InChI is InChI=1S/C24H24N4O2/c29-21-13-10-17-15-18(11-12-19(17)26-21)25-24(30)22-20-9-5-2-6-14-28(20)23(27-22)16-7-3-1-4-8-16/h1,3-4,7-8,11-12,15H,2,5-6,9-10,13-14H2,(H,25,30)(H,26,29). The molecule has 1 aromatic heterocycles. The monoisotopic (exact) mass is 400 g/mol. The number of carbonyl (C=O) groups is 2. The average molecular weight is 400 g/mol. The minimum Gasteiger partial charge on any atom is -0.327 e. The van der Waals surface area contributed by atoms with E-state index in [4.69, 9.17) is 4.98 Å². The van der Waals surface area contributed by atoms with E-state index in [1.54, 1.807) is 0 Å². The first-order valence-electron chi connectivity index (χ1n) is 10.6. The topological polar surface area (TPSA) is 76.0 Å². The molecule has 5 rings (SSSR count). The van der Waals surface area contributed by atoms with Gasteiger partial charge < -0.3 is 15.2 Å². The van der Waals surface area contributed by atoms with Gasteiger partial charge in [-0.05, 0) is 49.4 Å². The van der Waals surface area contributed by atoms with E-state index in [0.717, 1.165) is 66.2 Å². The number of benzene rings is 2. The van der Waals surface area contributed by atoms with Crippen molar-refractivity contribution in [1.82, 2.24) is 9.55 Å². The quantitative estimate of drug-likeness (QED) is 0.684. The fourth-order valence-corrected chi connectivity index (χ4v) is 4.36. The van der Waals surface area contributed by atoms with E-state index in [9.17, 15) is 9.59 Å². The highest BCUT2D eigenvalue weighted by Gasteiger charge is 2.24. The van der Waals surface area contributed by atoms with Crippen molar-refractivity contribution in [2.45, 2.75) is 45.1 Å². The number of aryl methyl sites for hydroxylation is 1. The predicted octanol–water partition coefficient (Wildman–Crippen LogP) is 4.41. The Kier molecular flexibility index (Phi) is 4.83. The molecular weight excluding hydrogens is 376 g/mol. The van der Waals surface area contributed by atoms with E-state index >= 15 is 0 Å². The maximum atomic E-state index is 13.2. The van der Waals surface area contributed by atoms with Crippen molar-refractivity contribution in [2.24, 2.45) is 0 Å². The van der Waals surface area contributed by atoms with Gasteiger partial charge in [0, 0.05) is 29.9 Å². The third kappa shape index (κ3) is 3.49. The van der Waals surface area contributed by atoms with Crippen LogP contribution in [0, 0.1) is 0 Å². The second-order valence-electron chi connectivity index (χ2n) is 7.93. The van der Waals surface area contributed by atoms with Gasteiger partial charge in [0.1, 0.15) is 11.5 Å². The Morgan fingerprint density at radius 2 is 1.87 bits per heavy atom. The first-order valence-corrected chi connectivity index (χ1v) is 10.6. The molecule has 0 spiro atoms. The largest absolute Gasteiger partial charge is 0.327 e. The van der Waals surface area contributed by atoms with Gasteiger partial charge in [-0.1, -0.05) is 36.8 Å². The minimum absolute atomic E-state index is 0.0356. The number of anilines is 2. The summed E-state index contributed by atoms with van der Waals surface area (Å²) in [6, 6.07) is 15.7. The van der Waals surface area contributed by atoms with E-state index in [1.165, 1.54) is 0 Å². The van der Waals surface area contributed by atoms with Crippen LogP contribution in [-0.4, -0.2) is 21.4 Å². The molecule has 3 heterocycles. The number of nitrogens with zero attached hydrogens (tertiary/aromatic N) is 2. The second-order valence-corrected chi connectivity index (χ2v) is 7.93. The summed E-state index contributed by atoms with van der Waals surface area (Å²) in [5, 5.41) is 5.90. The summed E-state index contributed by atoms with van der Waals surface area (Å²) < 4.78 is 2.22. The number of rotatable bonds is 3.